The van der Waals surface area contributed by atoms with E-state index in [9.17, 15) is 9.59 Å². The molecular formula is C12H23N3O2. The van der Waals surface area contributed by atoms with Gasteiger partial charge in [-0.25, -0.2) is 0 Å². The van der Waals surface area contributed by atoms with Gasteiger partial charge in [-0.05, 0) is 25.2 Å². The van der Waals surface area contributed by atoms with Crippen molar-refractivity contribution in [3.63, 3.8) is 0 Å². The van der Waals surface area contributed by atoms with Crippen LogP contribution >= 0.6 is 0 Å². The standard InChI is InChI=1S/C12H23N3O2/c1-8(2)11(13)12(17)14-7-10(16)15(3)9-5-4-6-9/h8-9,11H,4-7,13H2,1-3H3,(H,14,17)/t11-/m0/s1. The predicted molar refractivity (Wildman–Crippen MR) is 66.2 cm³/mol. The Bertz CT molecular complexity index is 287. The second-order valence-corrected chi connectivity index (χ2v) is 5.08. The minimum atomic E-state index is -0.545. The first-order valence-corrected chi connectivity index (χ1v) is 6.22. The summed E-state index contributed by atoms with van der Waals surface area (Å²) in [5.74, 6) is -0.219. The lowest BCUT2D eigenvalue weighted by atomic mass is 9.92. The molecule has 0 unspecified atom stereocenters. The summed E-state index contributed by atoms with van der Waals surface area (Å²) in [4.78, 5) is 25.0. The van der Waals surface area contributed by atoms with Crippen molar-refractivity contribution < 1.29 is 9.59 Å². The number of hydrogen-bond acceptors (Lipinski definition) is 3. The van der Waals surface area contributed by atoms with Gasteiger partial charge in [0, 0.05) is 13.1 Å². The number of carbonyl (C=O) groups excluding carboxylic acids is 2. The fourth-order valence-electron chi connectivity index (χ4n) is 1.69. The van der Waals surface area contributed by atoms with Crippen LogP contribution in [-0.4, -0.2) is 42.4 Å². The minimum Gasteiger partial charge on any atom is -0.346 e. The molecular weight excluding hydrogens is 218 g/mol. The molecule has 5 heteroatoms. The zero-order chi connectivity index (χ0) is 13.0. The van der Waals surface area contributed by atoms with Crippen LogP contribution < -0.4 is 11.1 Å². The fourth-order valence-corrected chi connectivity index (χ4v) is 1.69. The van der Waals surface area contributed by atoms with Crippen molar-refractivity contribution in [1.82, 2.24) is 10.2 Å². The van der Waals surface area contributed by atoms with Crippen molar-refractivity contribution in [2.75, 3.05) is 13.6 Å². The Morgan fingerprint density at radius 2 is 2.00 bits per heavy atom. The van der Waals surface area contributed by atoms with E-state index in [-0.39, 0.29) is 24.3 Å². The van der Waals surface area contributed by atoms with Crippen LogP contribution in [0.3, 0.4) is 0 Å². The Hall–Kier alpha value is -1.10. The van der Waals surface area contributed by atoms with Gasteiger partial charge in [-0.1, -0.05) is 13.8 Å². The topological polar surface area (TPSA) is 75.4 Å². The van der Waals surface area contributed by atoms with Crippen molar-refractivity contribution in [2.45, 2.75) is 45.2 Å². The quantitative estimate of drug-likeness (QED) is 0.716. The third kappa shape index (κ3) is 3.70. The molecule has 0 saturated heterocycles. The monoisotopic (exact) mass is 241 g/mol. The first kappa shape index (κ1) is 14.0. The van der Waals surface area contributed by atoms with Crippen LogP contribution in [0.5, 0.6) is 0 Å². The molecule has 2 amide bonds. The molecule has 1 aliphatic rings. The van der Waals surface area contributed by atoms with E-state index in [2.05, 4.69) is 5.32 Å². The molecule has 0 heterocycles. The van der Waals surface area contributed by atoms with Gasteiger partial charge in [-0.3, -0.25) is 9.59 Å². The van der Waals surface area contributed by atoms with Crippen molar-refractivity contribution in [2.24, 2.45) is 11.7 Å². The molecule has 0 aromatic carbocycles. The molecule has 1 rings (SSSR count). The molecule has 0 bridgehead atoms. The highest BCUT2D eigenvalue weighted by Crippen LogP contribution is 2.23. The second-order valence-electron chi connectivity index (χ2n) is 5.08. The van der Waals surface area contributed by atoms with Crippen LogP contribution in [0.15, 0.2) is 0 Å². The molecule has 5 nitrogen and oxygen atoms in total. The Kier molecular flexibility index (Phi) is 4.93. The summed E-state index contributed by atoms with van der Waals surface area (Å²) in [6.07, 6.45) is 3.33. The number of nitrogens with two attached hydrogens (primary N) is 1. The summed E-state index contributed by atoms with van der Waals surface area (Å²) >= 11 is 0. The van der Waals surface area contributed by atoms with E-state index in [0.29, 0.717) is 6.04 Å². The highest BCUT2D eigenvalue weighted by molar-refractivity contribution is 5.87. The molecule has 1 aliphatic carbocycles. The number of carbonyl (C=O) groups is 2. The van der Waals surface area contributed by atoms with Gasteiger partial charge < -0.3 is 16.0 Å². The van der Waals surface area contributed by atoms with Crippen LogP contribution in [-0.2, 0) is 9.59 Å². The van der Waals surface area contributed by atoms with Crippen LogP contribution in [0.4, 0.5) is 0 Å². The van der Waals surface area contributed by atoms with Crippen LogP contribution in [0.25, 0.3) is 0 Å². The molecule has 3 N–H and O–H groups in total. The Labute approximate surface area is 103 Å². The maximum Gasteiger partial charge on any atom is 0.241 e. The van der Waals surface area contributed by atoms with Gasteiger partial charge in [0.1, 0.15) is 0 Å². The Balaban J connectivity index is 2.29. The first-order chi connectivity index (χ1) is 7.93. The predicted octanol–water partition coefficient (Wildman–Crippen LogP) is 0.0968. The third-order valence-corrected chi connectivity index (χ3v) is 3.45. The average molecular weight is 241 g/mol. The van der Waals surface area contributed by atoms with Gasteiger partial charge in [-0.2, -0.15) is 0 Å². The maximum atomic E-state index is 11.7. The van der Waals surface area contributed by atoms with Crippen molar-refractivity contribution in [1.29, 1.82) is 0 Å². The maximum absolute atomic E-state index is 11.7. The van der Waals surface area contributed by atoms with Crippen molar-refractivity contribution in [3.05, 3.63) is 0 Å². The van der Waals surface area contributed by atoms with Crippen molar-refractivity contribution >= 4 is 11.8 Å². The zero-order valence-corrected chi connectivity index (χ0v) is 10.9. The summed E-state index contributed by atoms with van der Waals surface area (Å²) in [5, 5.41) is 2.59. The van der Waals surface area contributed by atoms with Gasteiger partial charge in [0.25, 0.3) is 0 Å². The van der Waals surface area contributed by atoms with Crippen molar-refractivity contribution in [3.8, 4) is 0 Å². The lowest BCUT2D eigenvalue weighted by Crippen LogP contribution is -2.49. The molecule has 17 heavy (non-hydrogen) atoms. The highest BCUT2D eigenvalue weighted by atomic mass is 16.2. The van der Waals surface area contributed by atoms with Gasteiger partial charge >= 0.3 is 0 Å². The normalized spacial score (nSPS) is 17.5. The van der Waals surface area contributed by atoms with Crippen LogP contribution in [0, 0.1) is 5.92 Å². The van der Waals surface area contributed by atoms with Gasteiger partial charge in [-0.15, -0.1) is 0 Å². The zero-order valence-electron chi connectivity index (χ0n) is 10.9. The van der Waals surface area contributed by atoms with E-state index in [4.69, 9.17) is 5.73 Å². The molecule has 0 aromatic heterocycles. The van der Waals surface area contributed by atoms with Gasteiger partial charge in [0.15, 0.2) is 0 Å². The van der Waals surface area contributed by atoms with E-state index in [0.717, 1.165) is 12.8 Å². The summed E-state index contributed by atoms with van der Waals surface area (Å²) in [7, 11) is 1.79. The summed E-state index contributed by atoms with van der Waals surface area (Å²) < 4.78 is 0. The summed E-state index contributed by atoms with van der Waals surface area (Å²) in [6, 6.07) is -0.185. The summed E-state index contributed by atoms with van der Waals surface area (Å²) in [6.45, 7) is 3.81. The Morgan fingerprint density at radius 1 is 1.41 bits per heavy atom. The Morgan fingerprint density at radius 3 is 2.41 bits per heavy atom. The fraction of sp³-hybridized carbons (Fsp3) is 0.833. The molecule has 1 fully saturated rings. The number of rotatable bonds is 5. The molecule has 1 saturated carbocycles. The van der Waals surface area contributed by atoms with Crippen LogP contribution in [0.2, 0.25) is 0 Å². The molecule has 1 atom stereocenters. The molecule has 0 aromatic rings. The number of nitrogens with one attached hydrogen (secondary N) is 1. The van der Waals surface area contributed by atoms with E-state index >= 15 is 0 Å². The average Bonchev–Trinajstić information content (AvgIpc) is 2.21. The first-order valence-electron chi connectivity index (χ1n) is 6.22. The highest BCUT2D eigenvalue weighted by Gasteiger charge is 2.26. The van der Waals surface area contributed by atoms with E-state index in [1.807, 2.05) is 13.8 Å². The number of amides is 2. The van der Waals surface area contributed by atoms with E-state index in [1.54, 1.807) is 11.9 Å². The summed E-state index contributed by atoms with van der Waals surface area (Å²) in [5.41, 5.74) is 5.68. The van der Waals surface area contributed by atoms with Crippen LogP contribution in [0.1, 0.15) is 33.1 Å². The number of nitrogens with zero attached hydrogens (tertiary/aromatic N) is 1. The lowest BCUT2D eigenvalue weighted by Gasteiger charge is -2.34. The van der Waals surface area contributed by atoms with E-state index in [1.165, 1.54) is 6.42 Å². The third-order valence-electron chi connectivity index (χ3n) is 3.45. The molecule has 0 aliphatic heterocycles. The van der Waals surface area contributed by atoms with E-state index < -0.39 is 6.04 Å². The molecule has 0 spiro atoms. The number of likely N-dealkylation sites (N-methyl/N-ethyl adjacent to an activating group) is 1. The minimum absolute atomic E-state index is 0.0426. The SMILES string of the molecule is CC(C)[C@H](N)C(=O)NCC(=O)N(C)C1CCC1. The number of hydrogen-bond donors (Lipinski definition) is 2. The second kappa shape index (κ2) is 6.00. The molecule has 0 radical (unpaired) electrons. The van der Waals surface area contributed by atoms with Gasteiger partial charge in [0.05, 0.1) is 12.6 Å². The smallest absolute Gasteiger partial charge is 0.241 e. The van der Waals surface area contributed by atoms with Gasteiger partial charge in [0.2, 0.25) is 11.8 Å². The molecule has 98 valence electrons. The largest absolute Gasteiger partial charge is 0.346 e. The lowest BCUT2D eigenvalue weighted by molar-refractivity contribution is -0.135.